The van der Waals surface area contributed by atoms with Gasteiger partial charge in [-0.2, -0.15) is 14.7 Å². The van der Waals surface area contributed by atoms with E-state index in [1.807, 2.05) is 29.1 Å². The lowest BCUT2D eigenvalue weighted by molar-refractivity contribution is -0.120. The van der Waals surface area contributed by atoms with Crippen molar-refractivity contribution in [3.63, 3.8) is 0 Å². The Balaban J connectivity index is 1.32. The van der Waals surface area contributed by atoms with Crippen LogP contribution in [0.25, 0.3) is 16.6 Å². The van der Waals surface area contributed by atoms with Gasteiger partial charge >= 0.3 is 0 Å². The normalized spacial score (nSPS) is 18.0. The van der Waals surface area contributed by atoms with E-state index in [2.05, 4.69) is 20.7 Å². The van der Waals surface area contributed by atoms with E-state index < -0.39 is 0 Å². The standard InChI is InChI=1S/C25H29N7O3/c1-26-24(33)10-7-16-5-8-18(9-6-16)31-15-17-12-19(21(35-2)13-20(17)30-31)25(34)29-23-14-27-22-4-3-11-28-32(22)23/h3-4,11-16,18H,5-10H2,1-2H3,(H,26,33)(H,29,34). The summed E-state index contributed by atoms with van der Waals surface area (Å²) < 4.78 is 9.12. The van der Waals surface area contributed by atoms with Gasteiger partial charge in [-0.05, 0) is 56.2 Å². The Labute approximate surface area is 202 Å². The number of benzene rings is 1. The molecule has 0 atom stereocenters. The van der Waals surface area contributed by atoms with E-state index in [0.717, 1.165) is 43.0 Å². The fourth-order valence-electron chi connectivity index (χ4n) is 4.86. The number of anilines is 1. The van der Waals surface area contributed by atoms with Crippen LogP contribution >= 0.6 is 0 Å². The molecule has 2 amide bonds. The zero-order valence-corrected chi connectivity index (χ0v) is 19.9. The molecule has 1 aromatic carbocycles. The Morgan fingerprint density at radius 1 is 1.20 bits per heavy atom. The number of hydrogen-bond donors (Lipinski definition) is 2. The van der Waals surface area contributed by atoms with Gasteiger partial charge in [0.25, 0.3) is 5.91 Å². The third-order valence-electron chi connectivity index (χ3n) is 6.86. The third-order valence-corrected chi connectivity index (χ3v) is 6.86. The smallest absolute Gasteiger partial charge is 0.260 e. The van der Waals surface area contributed by atoms with E-state index in [-0.39, 0.29) is 11.8 Å². The number of carbonyl (C=O) groups excluding carboxylic acids is 2. The Morgan fingerprint density at radius 3 is 2.80 bits per heavy atom. The van der Waals surface area contributed by atoms with Gasteiger partial charge in [0.05, 0.1) is 30.4 Å². The van der Waals surface area contributed by atoms with E-state index >= 15 is 0 Å². The Bertz CT molecular complexity index is 1370. The minimum atomic E-state index is -0.305. The molecule has 0 unspecified atom stereocenters. The minimum absolute atomic E-state index is 0.108. The first-order valence-electron chi connectivity index (χ1n) is 11.9. The molecule has 1 aliphatic carbocycles. The number of aromatic nitrogens is 5. The summed E-state index contributed by atoms with van der Waals surface area (Å²) in [5.41, 5.74) is 1.86. The highest BCUT2D eigenvalue weighted by molar-refractivity contribution is 6.08. The predicted molar refractivity (Wildman–Crippen MR) is 132 cm³/mol. The lowest BCUT2D eigenvalue weighted by Gasteiger charge is -2.28. The maximum absolute atomic E-state index is 13.1. The molecule has 0 radical (unpaired) electrons. The second-order valence-corrected chi connectivity index (χ2v) is 9.00. The number of hydrogen-bond acceptors (Lipinski definition) is 6. The second kappa shape index (κ2) is 9.73. The Hall–Kier alpha value is -3.95. The van der Waals surface area contributed by atoms with E-state index in [1.165, 1.54) is 0 Å². The molecule has 35 heavy (non-hydrogen) atoms. The summed E-state index contributed by atoms with van der Waals surface area (Å²) in [5.74, 6) is 1.33. The van der Waals surface area contributed by atoms with Crippen LogP contribution in [-0.2, 0) is 4.79 Å². The van der Waals surface area contributed by atoms with Crippen molar-refractivity contribution in [3.05, 3.63) is 48.4 Å². The molecule has 2 N–H and O–H groups in total. The largest absolute Gasteiger partial charge is 0.496 e. The fourth-order valence-corrected chi connectivity index (χ4v) is 4.86. The maximum atomic E-state index is 13.1. The quantitative estimate of drug-likeness (QED) is 0.422. The molecule has 10 nitrogen and oxygen atoms in total. The lowest BCUT2D eigenvalue weighted by Crippen LogP contribution is -2.22. The number of fused-ring (bicyclic) bond motifs is 2. The summed E-state index contributed by atoms with van der Waals surface area (Å²) in [4.78, 5) is 28.9. The molecule has 5 rings (SSSR count). The van der Waals surface area contributed by atoms with Gasteiger partial charge in [-0.3, -0.25) is 14.3 Å². The van der Waals surface area contributed by atoms with Crippen molar-refractivity contribution in [2.24, 2.45) is 5.92 Å². The first kappa shape index (κ1) is 22.8. The summed E-state index contributed by atoms with van der Waals surface area (Å²) in [6, 6.07) is 7.55. The zero-order valence-electron chi connectivity index (χ0n) is 19.9. The highest BCUT2D eigenvalue weighted by Crippen LogP contribution is 2.35. The van der Waals surface area contributed by atoms with Crippen molar-refractivity contribution in [2.45, 2.75) is 44.6 Å². The summed E-state index contributed by atoms with van der Waals surface area (Å²) in [7, 11) is 3.23. The molecular formula is C25H29N7O3. The molecule has 1 saturated carbocycles. The number of nitrogens with zero attached hydrogens (tertiary/aromatic N) is 5. The number of amides is 2. The summed E-state index contributed by atoms with van der Waals surface area (Å²) >= 11 is 0. The minimum Gasteiger partial charge on any atom is -0.496 e. The summed E-state index contributed by atoms with van der Waals surface area (Å²) in [6.45, 7) is 0. The van der Waals surface area contributed by atoms with Crippen molar-refractivity contribution < 1.29 is 14.3 Å². The van der Waals surface area contributed by atoms with Crippen LogP contribution in [0.2, 0.25) is 0 Å². The van der Waals surface area contributed by atoms with Gasteiger partial charge in [0.15, 0.2) is 11.5 Å². The lowest BCUT2D eigenvalue weighted by atomic mass is 9.83. The first-order chi connectivity index (χ1) is 17.1. The van der Waals surface area contributed by atoms with E-state index in [4.69, 9.17) is 9.84 Å². The number of carbonyl (C=O) groups is 2. The molecule has 3 heterocycles. The van der Waals surface area contributed by atoms with E-state index in [1.54, 1.807) is 37.1 Å². The molecule has 4 aromatic rings. The average molecular weight is 476 g/mol. The molecule has 10 heteroatoms. The summed E-state index contributed by atoms with van der Waals surface area (Å²) in [5, 5.41) is 15.5. The number of ether oxygens (including phenoxy) is 1. The van der Waals surface area contributed by atoms with Crippen molar-refractivity contribution in [2.75, 3.05) is 19.5 Å². The highest BCUT2D eigenvalue weighted by atomic mass is 16.5. The van der Waals surface area contributed by atoms with Crippen LogP contribution in [0.4, 0.5) is 5.82 Å². The van der Waals surface area contributed by atoms with Gasteiger partial charge in [-0.25, -0.2) is 4.98 Å². The highest BCUT2D eigenvalue weighted by Gasteiger charge is 2.24. The van der Waals surface area contributed by atoms with Crippen LogP contribution < -0.4 is 15.4 Å². The van der Waals surface area contributed by atoms with Gasteiger partial charge in [0.2, 0.25) is 5.91 Å². The topological polar surface area (TPSA) is 115 Å². The second-order valence-electron chi connectivity index (χ2n) is 9.00. The van der Waals surface area contributed by atoms with Crippen LogP contribution in [-0.4, -0.2) is 50.4 Å². The SMILES string of the molecule is CNC(=O)CCC1CCC(n2cc3cc(C(=O)Nc4cnc5cccnn45)c(OC)cc3n2)CC1. The van der Waals surface area contributed by atoms with E-state index in [0.29, 0.717) is 41.2 Å². The molecule has 0 aliphatic heterocycles. The molecule has 0 saturated heterocycles. The van der Waals surface area contributed by atoms with E-state index in [9.17, 15) is 9.59 Å². The number of methoxy groups -OCH3 is 1. The maximum Gasteiger partial charge on any atom is 0.260 e. The Kier molecular flexibility index (Phi) is 6.35. The molecule has 1 aliphatic rings. The first-order valence-corrected chi connectivity index (χ1v) is 11.9. The monoisotopic (exact) mass is 475 g/mol. The van der Waals surface area contributed by atoms with Crippen molar-refractivity contribution in [3.8, 4) is 5.75 Å². The van der Waals surface area contributed by atoms with Crippen LogP contribution in [0, 0.1) is 5.92 Å². The van der Waals surface area contributed by atoms with Crippen LogP contribution in [0.3, 0.4) is 0 Å². The van der Waals surface area contributed by atoms with Crippen LogP contribution in [0.15, 0.2) is 42.9 Å². The molecule has 3 aromatic heterocycles. The number of nitrogens with one attached hydrogen (secondary N) is 2. The van der Waals surface area contributed by atoms with Crippen molar-refractivity contribution in [1.29, 1.82) is 0 Å². The van der Waals surface area contributed by atoms with Gasteiger partial charge in [-0.15, -0.1) is 0 Å². The average Bonchev–Trinajstić information content (AvgIpc) is 3.50. The van der Waals surface area contributed by atoms with Gasteiger partial charge < -0.3 is 15.4 Å². The number of rotatable bonds is 7. The van der Waals surface area contributed by atoms with Crippen LogP contribution in [0.1, 0.15) is 54.9 Å². The fraction of sp³-hybridized carbons (Fsp3) is 0.400. The Morgan fingerprint density at radius 2 is 2.03 bits per heavy atom. The molecule has 182 valence electrons. The molecule has 1 fully saturated rings. The van der Waals surface area contributed by atoms with Crippen LogP contribution in [0.5, 0.6) is 5.75 Å². The summed E-state index contributed by atoms with van der Waals surface area (Å²) in [6.07, 6.45) is 11.0. The van der Waals surface area contributed by atoms with Gasteiger partial charge in [0, 0.05) is 37.3 Å². The number of imidazole rings is 1. The zero-order chi connectivity index (χ0) is 24.4. The van der Waals surface area contributed by atoms with Gasteiger partial charge in [0.1, 0.15) is 5.75 Å². The van der Waals surface area contributed by atoms with Gasteiger partial charge in [-0.1, -0.05) is 0 Å². The third kappa shape index (κ3) is 4.68. The molecular weight excluding hydrogens is 446 g/mol. The predicted octanol–water partition coefficient (Wildman–Crippen LogP) is 3.60. The van der Waals surface area contributed by atoms with Crippen molar-refractivity contribution >= 4 is 34.2 Å². The molecule has 0 spiro atoms. The molecule has 0 bridgehead atoms. The van der Waals surface area contributed by atoms with Crippen molar-refractivity contribution in [1.82, 2.24) is 29.7 Å².